The Morgan fingerprint density at radius 2 is 2.14 bits per heavy atom. The van der Waals surface area contributed by atoms with Gasteiger partial charge in [0, 0.05) is 30.4 Å². The molecule has 2 aliphatic heterocycles. The number of fused-ring (bicyclic) bond motifs is 2. The molecule has 1 saturated carbocycles. The highest BCUT2D eigenvalue weighted by Gasteiger charge is 2.46. The number of nitrogens with zero attached hydrogens (tertiary/aromatic N) is 1. The summed E-state index contributed by atoms with van der Waals surface area (Å²) in [5, 5.41) is 3.18. The summed E-state index contributed by atoms with van der Waals surface area (Å²) in [6.45, 7) is 2.04. The van der Waals surface area contributed by atoms with Gasteiger partial charge in [0.2, 0.25) is 5.91 Å². The third-order valence-electron chi connectivity index (χ3n) is 5.39. The number of aryl methyl sites for hydroxylation is 1. The summed E-state index contributed by atoms with van der Waals surface area (Å²) in [6, 6.07) is 5.46. The molecule has 2 saturated heterocycles. The van der Waals surface area contributed by atoms with E-state index in [2.05, 4.69) is 33.3 Å². The lowest BCUT2D eigenvalue weighted by atomic mass is 9.69. The number of rotatable bonds is 1. The molecule has 1 aliphatic carbocycles. The van der Waals surface area contributed by atoms with Gasteiger partial charge < -0.3 is 5.32 Å². The summed E-state index contributed by atoms with van der Waals surface area (Å²) >= 11 is 0. The van der Waals surface area contributed by atoms with E-state index in [4.69, 9.17) is 0 Å². The van der Waals surface area contributed by atoms with Crippen LogP contribution in [0.25, 0.3) is 0 Å². The number of amides is 1. The Morgan fingerprint density at radius 1 is 1.24 bits per heavy atom. The Labute approximate surface area is 124 Å². The topological polar surface area (TPSA) is 66.0 Å². The minimum Gasteiger partial charge on any atom is -0.353 e. The van der Waals surface area contributed by atoms with Crippen LogP contribution in [-0.4, -0.2) is 23.0 Å². The van der Waals surface area contributed by atoms with Crippen LogP contribution in [0.15, 0.2) is 18.3 Å². The van der Waals surface area contributed by atoms with Crippen LogP contribution in [0.4, 0.5) is 0 Å². The predicted molar refractivity (Wildman–Crippen MR) is 79.2 cm³/mol. The van der Waals surface area contributed by atoms with Crippen molar-refractivity contribution in [3.8, 4) is 0 Å². The number of hydrogen-bond acceptors (Lipinski definition) is 4. The first-order chi connectivity index (χ1) is 10.2. The van der Waals surface area contributed by atoms with Crippen molar-refractivity contribution in [3.63, 3.8) is 0 Å². The number of carbonyl (C=O) groups excluding carboxylic acids is 1. The summed E-state index contributed by atoms with van der Waals surface area (Å²) in [5.74, 6) is 1.46. The average Bonchev–Trinajstić information content (AvgIpc) is 2.87. The van der Waals surface area contributed by atoms with E-state index >= 15 is 0 Å². The molecule has 5 heteroatoms. The monoisotopic (exact) mass is 286 g/mol. The second-order valence-corrected chi connectivity index (χ2v) is 6.71. The van der Waals surface area contributed by atoms with Gasteiger partial charge in [-0.25, -0.2) is 5.43 Å². The quantitative estimate of drug-likeness (QED) is 0.726. The summed E-state index contributed by atoms with van der Waals surface area (Å²) in [5.41, 5.74) is 9.31. The number of pyridine rings is 1. The first-order valence-electron chi connectivity index (χ1n) is 7.93. The molecule has 3 heterocycles. The lowest BCUT2D eigenvalue weighted by molar-refractivity contribution is -0.125. The zero-order valence-corrected chi connectivity index (χ0v) is 12.3. The molecule has 0 spiro atoms. The highest BCUT2D eigenvalue weighted by atomic mass is 16.1. The van der Waals surface area contributed by atoms with E-state index in [1.165, 1.54) is 12.0 Å². The van der Waals surface area contributed by atoms with Crippen molar-refractivity contribution in [2.24, 2.45) is 11.8 Å². The van der Waals surface area contributed by atoms with Gasteiger partial charge in [0.15, 0.2) is 0 Å². The first-order valence-corrected chi connectivity index (χ1v) is 7.93. The van der Waals surface area contributed by atoms with Crippen molar-refractivity contribution >= 4 is 5.91 Å². The van der Waals surface area contributed by atoms with Crippen LogP contribution in [0.3, 0.4) is 0 Å². The maximum Gasteiger partial charge on any atom is 0.220 e. The molecular weight excluding hydrogens is 264 g/mol. The third-order valence-corrected chi connectivity index (χ3v) is 5.39. The predicted octanol–water partition coefficient (Wildman–Crippen LogP) is 1.21. The van der Waals surface area contributed by atoms with Crippen LogP contribution in [0.2, 0.25) is 0 Å². The minimum atomic E-state index is 0.224. The van der Waals surface area contributed by atoms with Crippen molar-refractivity contribution < 1.29 is 4.79 Å². The largest absolute Gasteiger partial charge is 0.353 e. The fourth-order valence-corrected chi connectivity index (χ4v) is 4.34. The van der Waals surface area contributed by atoms with Gasteiger partial charge in [0.25, 0.3) is 0 Å². The number of aromatic nitrogens is 1. The Morgan fingerprint density at radius 3 is 3.00 bits per heavy atom. The third kappa shape index (κ3) is 2.34. The molecule has 3 fully saturated rings. The van der Waals surface area contributed by atoms with Gasteiger partial charge in [-0.3, -0.25) is 15.2 Å². The summed E-state index contributed by atoms with van der Waals surface area (Å²) in [7, 11) is 0. The lowest BCUT2D eigenvalue weighted by Crippen LogP contribution is -2.52. The summed E-state index contributed by atoms with van der Waals surface area (Å²) in [4.78, 5) is 15.9. The van der Waals surface area contributed by atoms with Crippen molar-refractivity contribution in [1.29, 1.82) is 0 Å². The van der Waals surface area contributed by atoms with E-state index in [-0.39, 0.29) is 5.91 Å². The molecule has 0 aromatic carbocycles. The van der Waals surface area contributed by atoms with Crippen LogP contribution in [-0.2, 0) is 4.79 Å². The van der Waals surface area contributed by atoms with E-state index in [1.807, 2.05) is 13.1 Å². The number of hydrogen-bond donors (Lipinski definition) is 3. The summed E-state index contributed by atoms with van der Waals surface area (Å²) in [6.07, 6.45) is 5.85. The molecule has 1 amide bonds. The molecule has 0 radical (unpaired) electrons. The van der Waals surface area contributed by atoms with Gasteiger partial charge in [-0.15, -0.1) is 0 Å². The molecule has 3 aliphatic rings. The average molecular weight is 286 g/mol. The molecule has 1 aromatic heterocycles. The van der Waals surface area contributed by atoms with Gasteiger partial charge in [0.05, 0.1) is 6.04 Å². The maximum absolute atomic E-state index is 11.6. The van der Waals surface area contributed by atoms with Crippen LogP contribution >= 0.6 is 0 Å². The highest BCUT2D eigenvalue weighted by Crippen LogP contribution is 2.42. The Hall–Kier alpha value is -1.46. The Bertz CT molecular complexity index is 561. The van der Waals surface area contributed by atoms with Crippen molar-refractivity contribution in [2.45, 2.75) is 50.7 Å². The van der Waals surface area contributed by atoms with Gasteiger partial charge in [-0.05, 0) is 55.7 Å². The van der Waals surface area contributed by atoms with E-state index in [9.17, 15) is 4.79 Å². The Balaban J connectivity index is 1.55. The van der Waals surface area contributed by atoms with E-state index in [0.29, 0.717) is 36.4 Å². The number of hydrazine groups is 1. The van der Waals surface area contributed by atoms with Gasteiger partial charge >= 0.3 is 0 Å². The number of nitrogens with one attached hydrogen (secondary N) is 3. The minimum absolute atomic E-state index is 0.224. The molecule has 4 rings (SSSR count). The van der Waals surface area contributed by atoms with Crippen LogP contribution < -0.4 is 16.2 Å². The van der Waals surface area contributed by atoms with Gasteiger partial charge in [-0.1, -0.05) is 0 Å². The molecule has 3 N–H and O–H groups in total. The second kappa shape index (κ2) is 5.07. The first kappa shape index (κ1) is 13.2. The maximum atomic E-state index is 11.6. The van der Waals surface area contributed by atoms with E-state index < -0.39 is 0 Å². The number of piperidine rings is 1. The van der Waals surface area contributed by atoms with Gasteiger partial charge in [0.1, 0.15) is 0 Å². The van der Waals surface area contributed by atoms with Crippen molar-refractivity contribution in [3.05, 3.63) is 29.6 Å². The van der Waals surface area contributed by atoms with E-state index in [1.54, 1.807) is 0 Å². The SMILES string of the molecule is Cc1cc(C2NNC3CC4NC(=O)CCC4CC32)ccn1. The van der Waals surface area contributed by atoms with Gasteiger partial charge in [-0.2, -0.15) is 0 Å². The smallest absolute Gasteiger partial charge is 0.220 e. The molecule has 1 aromatic rings. The van der Waals surface area contributed by atoms with Crippen molar-refractivity contribution in [2.75, 3.05) is 0 Å². The van der Waals surface area contributed by atoms with Crippen molar-refractivity contribution in [1.82, 2.24) is 21.2 Å². The molecule has 0 bridgehead atoms. The normalized spacial score (nSPS) is 38.5. The zero-order chi connectivity index (χ0) is 14.4. The second-order valence-electron chi connectivity index (χ2n) is 6.71. The standard InChI is InChI=1S/C16H22N4O/c1-9-6-11(4-5-17-9)16-12-7-10-2-3-15(21)18-13(10)8-14(12)19-20-16/h4-6,10,12-14,16,19-20H,2-3,7-8H2,1H3,(H,18,21). The highest BCUT2D eigenvalue weighted by molar-refractivity contribution is 5.77. The van der Waals surface area contributed by atoms with E-state index in [0.717, 1.165) is 18.5 Å². The molecule has 112 valence electrons. The molecule has 21 heavy (non-hydrogen) atoms. The fraction of sp³-hybridized carbons (Fsp3) is 0.625. The molecule has 5 nitrogen and oxygen atoms in total. The lowest BCUT2D eigenvalue weighted by Gasteiger charge is -2.42. The summed E-state index contributed by atoms with van der Waals surface area (Å²) < 4.78 is 0. The number of carbonyl (C=O) groups is 1. The fourth-order valence-electron chi connectivity index (χ4n) is 4.34. The molecule has 5 atom stereocenters. The van der Waals surface area contributed by atoms with Crippen LogP contribution in [0, 0.1) is 18.8 Å². The zero-order valence-electron chi connectivity index (χ0n) is 12.3. The van der Waals surface area contributed by atoms with Crippen LogP contribution in [0.1, 0.15) is 43.0 Å². The molecular formula is C16H22N4O. The van der Waals surface area contributed by atoms with Crippen LogP contribution in [0.5, 0.6) is 0 Å². The Kier molecular flexibility index (Phi) is 3.19. The molecule has 5 unspecified atom stereocenters.